The molecule has 0 N–H and O–H groups in total. The van der Waals surface area contributed by atoms with Crippen LogP contribution in [0, 0.1) is 0 Å². The molecule has 0 aliphatic heterocycles. The Morgan fingerprint density at radius 2 is 1.86 bits per heavy atom. The Bertz CT molecular complexity index is 779. The molecule has 0 aliphatic rings. The highest BCUT2D eigenvalue weighted by Crippen LogP contribution is 2.31. The second kappa shape index (κ2) is 5.66. The number of rotatable bonds is 3. The molecule has 0 radical (unpaired) electrons. The smallest absolute Gasteiger partial charge is 0.161 e. The molecule has 0 atom stereocenters. The van der Waals surface area contributed by atoms with Crippen molar-refractivity contribution in [2.24, 2.45) is 0 Å². The molecule has 0 saturated carbocycles. The van der Waals surface area contributed by atoms with Crippen LogP contribution in [0.15, 0.2) is 36.5 Å². The minimum Gasteiger partial charge on any atom is -0.216 e. The van der Waals surface area contributed by atoms with E-state index in [1.54, 1.807) is 4.52 Å². The van der Waals surface area contributed by atoms with Crippen molar-refractivity contribution in [3.63, 3.8) is 0 Å². The van der Waals surface area contributed by atoms with Crippen LogP contribution in [0.4, 0.5) is 0 Å². The number of halogens is 2. The number of hydrogen-bond donors (Lipinski definition) is 0. The fourth-order valence-corrected chi connectivity index (χ4v) is 3.28. The van der Waals surface area contributed by atoms with Crippen LogP contribution in [0.3, 0.4) is 0 Å². The molecule has 3 rings (SSSR count). The molecule has 0 unspecified atom stereocenters. The Hall–Kier alpha value is -1.58. The van der Waals surface area contributed by atoms with Crippen LogP contribution < -0.4 is 0 Å². The van der Waals surface area contributed by atoms with Crippen molar-refractivity contribution < 1.29 is 0 Å². The van der Waals surface area contributed by atoms with E-state index < -0.39 is 0 Å². The van der Waals surface area contributed by atoms with Crippen molar-refractivity contribution in [2.45, 2.75) is 26.2 Å². The monoisotopic (exact) mass is 319 g/mol. The lowest BCUT2D eigenvalue weighted by atomic mass is 10.1. The van der Waals surface area contributed by atoms with Gasteiger partial charge in [-0.1, -0.05) is 67.4 Å². The molecule has 0 aliphatic carbocycles. The van der Waals surface area contributed by atoms with Gasteiger partial charge in [-0.05, 0) is 11.5 Å². The lowest BCUT2D eigenvalue weighted by Gasteiger charge is -2.11. The summed E-state index contributed by atoms with van der Waals surface area (Å²) < 4.78 is 1.67. The van der Waals surface area contributed by atoms with Crippen LogP contribution in [0.2, 0.25) is 10.3 Å². The maximum absolute atomic E-state index is 6.43. The first-order chi connectivity index (χ1) is 10.1. The van der Waals surface area contributed by atoms with Crippen molar-refractivity contribution in [3.8, 4) is 0 Å². The molecule has 3 aromatic rings. The summed E-state index contributed by atoms with van der Waals surface area (Å²) in [4.78, 5) is 4.50. The summed E-state index contributed by atoms with van der Waals surface area (Å²) in [6.07, 6.45) is 2.56. The zero-order valence-corrected chi connectivity index (χ0v) is 13.4. The van der Waals surface area contributed by atoms with Crippen LogP contribution in [0.1, 0.15) is 36.5 Å². The van der Waals surface area contributed by atoms with Gasteiger partial charge in [-0.25, -0.2) is 9.50 Å². The number of benzene rings is 1. The molecule has 2 heterocycles. The predicted molar refractivity (Wildman–Crippen MR) is 86.3 cm³/mol. The summed E-state index contributed by atoms with van der Waals surface area (Å²) in [6.45, 7) is 4.07. The van der Waals surface area contributed by atoms with Gasteiger partial charge < -0.3 is 0 Å². The highest BCUT2D eigenvalue weighted by Gasteiger charge is 2.18. The average Bonchev–Trinajstić information content (AvgIpc) is 2.83. The Balaban J connectivity index is 2.11. The van der Waals surface area contributed by atoms with E-state index in [1.165, 1.54) is 5.56 Å². The molecule has 108 valence electrons. The van der Waals surface area contributed by atoms with Gasteiger partial charge in [0, 0.05) is 17.5 Å². The molecular formula is C16H15Cl2N3. The minimum absolute atomic E-state index is 0.198. The van der Waals surface area contributed by atoms with Crippen molar-refractivity contribution >= 4 is 28.8 Å². The Morgan fingerprint density at radius 1 is 1.14 bits per heavy atom. The SMILES string of the molecule is CC(C)c1c(Cl)nc2c(Cc3ccccc3)cnn2c1Cl. The molecular weight excluding hydrogens is 305 g/mol. The Kier molecular flexibility index (Phi) is 3.87. The lowest BCUT2D eigenvalue weighted by molar-refractivity contribution is 0.822. The second-order valence-electron chi connectivity index (χ2n) is 5.33. The van der Waals surface area contributed by atoms with Crippen LogP contribution in [-0.4, -0.2) is 14.6 Å². The third-order valence-electron chi connectivity index (χ3n) is 3.47. The maximum Gasteiger partial charge on any atom is 0.161 e. The van der Waals surface area contributed by atoms with Gasteiger partial charge in [0.15, 0.2) is 5.65 Å². The van der Waals surface area contributed by atoms with E-state index in [1.807, 2.05) is 38.2 Å². The molecule has 0 fully saturated rings. The van der Waals surface area contributed by atoms with Crippen LogP contribution in [0.5, 0.6) is 0 Å². The third-order valence-corrected chi connectivity index (χ3v) is 4.12. The number of aromatic nitrogens is 3. The van der Waals surface area contributed by atoms with Gasteiger partial charge in [0.2, 0.25) is 0 Å². The number of hydrogen-bond acceptors (Lipinski definition) is 2. The largest absolute Gasteiger partial charge is 0.216 e. The summed E-state index contributed by atoms with van der Waals surface area (Å²) in [6, 6.07) is 10.2. The van der Waals surface area contributed by atoms with Gasteiger partial charge in [-0.15, -0.1) is 0 Å². The first-order valence-electron chi connectivity index (χ1n) is 6.83. The molecule has 0 spiro atoms. The molecule has 1 aromatic carbocycles. The van der Waals surface area contributed by atoms with Crippen molar-refractivity contribution in [2.75, 3.05) is 0 Å². The van der Waals surface area contributed by atoms with Crippen LogP contribution >= 0.6 is 23.2 Å². The first-order valence-corrected chi connectivity index (χ1v) is 7.59. The van der Waals surface area contributed by atoms with E-state index in [0.717, 1.165) is 23.2 Å². The quantitative estimate of drug-likeness (QED) is 0.652. The highest BCUT2D eigenvalue weighted by molar-refractivity contribution is 6.35. The number of fused-ring (bicyclic) bond motifs is 1. The molecule has 0 bridgehead atoms. The van der Waals surface area contributed by atoms with Crippen molar-refractivity contribution in [1.29, 1.82) is 0 Å². The van der Waals surface area contributed by atoms with Gasteiger partial charge in [-0.3, -0.25) is 0 Å². The summed E-state index contributed by atoms with van der Waals surface area (Å²) in [5.74, 6) is 0.198. The summed E-state index contributed by atoms with van der Waals surface area (Å²) in [5.41, 5.74) is 3.77. The zero-order chi connectivity index (χ0) is 15.0. The zero-order valence-electron chi connectivity index (χ0n) is 11.8. The van der Waals surface area contributed by atoms with Crippen LogP contribution in [-0.2, 0) is 6.42 Å². The van der Waals surface area contributed by atoms with E-state index in [2.05, 4.69) is 22.2 Å². The van der Waals surface area contributed by atoms with Gasteiger partial charge in [0.25, 0.3) is 0 Å². The van der Waals surface area contributed by atoms with Gasteiger partial charge in [-0.2, -0.15) is 5.10 Å². The molecule has 21 heavy (non-hydrogen) atoms. The Labute approximate surface area is 133 Å². The average molecular weight is 320 g/mol. The molecule has 2 aromatic heterocycles. The standard InChI is InChI=1S/C16H15Cl2N3/c1-10(2)13-14(17)20-16-12(9-19-21(16)15(13)18)8-11-6-4-3-5-7-11/h3-7,9-10H,8H2,1-2H3. The minimum atomic E-state index is 0.198. The summed E-state index contributed by atoms with van der Waals surface area (Å²) in [5, 5.41) is 5.36. The fourth-order valence-electron chi connectivity index (χ4n) is 2.41. The molecule has 3 nitrogen and oxygen atoms in total. The molecule has 5 heteroatoms. The van der Waals surface area contributed by atoms with Gasteiger partial charge in [0.05, 0.1) is 6.20 Å². The first kappa shape index (κ1) is 14.4. The van der Waals surface area contributed by atoms with Crippen LogP contribution in [0.25, 0.3) is 5.65 Å². The lowest BCUT2D eigenvalue weighted by Crippen LogP contribution is -2.02. The number of nitrogens with zero attached hydrogens (tertiary/aromatic N) is 3. The molecule has 0 amide bonds. The topological polar surface area (TPSA) is 30.2 Å². The van der Waals surface area contributed by atoms with E-state index >= 15 is 0 Å². The van der Waals surface area contributed by atoms with Crippen molar-refractivity contribution in [3.05, 3.63) is 63.5 Å². The van der Waals surface area contributed by atoms with E-state index in [4.69, 9.17) is 23.2 Å². The maximum atomic E-state index is 6.43. The summed E-state index contributed by atoms with van der Waals surface area (Å²) in [7, 11) is 0. The second-order valence-corrected chi connectivity index (χ2v) is 6.05. The van der Waals surface area contributed by atoms with Gasteiger partial charge in [0.1, 0.15) is 10.3 Å². The Morgan fingerprint density at radius 3 is 2.52 bits per heavy atom. The van der Waals surface area contributed by atoms with E-state index in [-0.39, 0.29) is 5.92 Å². The normalized spacial score (nSPS) is 11.5. The van der Waals surface area contributed by atoms with Gasteiger partial charge >= 0.3 is 0 Å². The van der Waals surface area contributed by atoms with E-state index in [0.29, 0.717) is 10.3 Å². The fraction of sp³-hybridized carbons (Fsp3) is 0.250. The molecule has 0 saturated heterocycles. The predicted octanol–water partition coefficient (Wildman–Crippen LogP) is 4.75. The third kappa shape index (κ3) is 2.63. The summed E-state index contributed by atoms with van der Waals surface area (Å²) >= 11 is 12.7. The van der Waals surface area contributed by atoms with Crippen molar-refractivity contribution in [1.82, 2.24) is 14.6 Å². The highest BCUT2D eigenvalue weighted by atomic mass is 35.5. The van der Waals surface area contributed by atoms with E-state index in [9.17, 15) is 0 Å².